The first kappa shape index (κ1) is 17.0. The molecule has 0 aromatic carbocycles. The highest BCUT2D eigenvalue weighted by Crippen LogP contribution is 2.38. The lowest BCUT2D eigenvalue weighted by Gasteiger charge is -2.30. The van der Waals surface area contributed by atoms with Gasteiger partial charge in [0.25, 0.3) is 5.91 Å². The molecular weight excluding hydrogens is 282 g/mol. The average Bonchev–Trinajstić information content (AvgIpc) is 2.87. The highest BCUT2D eigenvalue weighted by Gasteiger charge is 2.49. The van der Waals surface area contributed by atoms with E-state index in [-0.39, 0.29) is 11.3 Å². The van der Waals surface area contributed by atoms with Gasteiger partial charge >= 0.3 is 0 Å². The second-order valence-electron chi connectivity index (χ2n) is 6.91. The predicted molar refractivity (Wildman–Crippen MR) is 83.8 cm³/mol. The van der Waals surface area contributed by atoms with Crippen LogP contribution in [0.1, 0.15) is 43.9 Å². The number of aromatic nitrogens is 2. The van der Waals surface area contributed by atoms with E-state index in [0.29, 0.717) is 38.5 Å². The smallest absolute Gasteiger partial charge is 0.272 e. The molecule has 124 valence electrons. The number of amides is 1. The van der Waals surface area contributed by atoms with Crippen molar-refractivity contribution in [3.63, 3.8) is 0 Å². The average molecular weight is 309 g/mol. The van der Waals surface area contributed by atoms with Crippen molar-refractivity contribution < 1.29 is 14.6 Å². The number of likely N-dealkylation sites (tertiary alicyclic amines) is 1. The minimum Gasteiger partial charge on any atom is -0.388 e. The molecular formula is C16H27N3O3. The van der Waals surface area contributed by atoms with Crippen LogP contribution in [0, 0.1) is 12.3 Å². The van der Waals surface area contributed by atoms with E-state index in [0.717, 1.165) is 5.69 Å². The van der Waals surface area contributed by atoms with Gasteiger partial charge in [-0.05, 0) is 26.8 Å². The van der Waals surface area contributed by atoms with Crippen molar-refractivity contribution in [2.45, 2.75) is 46.8 Å². The molecule has 0 spiro atoms. The van der Waals surface area contributed by atoms with Crippen molar-refractivity contribution in [3.05, 3.63) is 17.5 Å². The SMILES string of the molecule is CCOCCn1nc(C)cc1C(=O)N1CC(C)(C)[C@@](C)(O)C1. The highest BCUT2D eigenvalue weighted by molar-refractivity contribution is 5.93. The van der Waals surface area contributed by atoms with Crippen molar-refractivity contribution in [2.24, 2.45) is 5.41 Å². The lowest BCUT2D eigenvalue weighted by molar-refractivity contribution is -0.0108. The number of hydrogen-bond donors (Lipinski definition) is 1. The van der Waals surface area contributed by atoms with Crippen LogP contribution in [0.4, 0.5) is 0 Å². The summed E-state index contributed by atoms with van der Waals surface area (Å²) in [6, 6.07) is 1.80. The van der Waals surface area contributed by atoms with Gasteiger partial charge in [0.1, 0.15) is 5.69 Å². The molecule has 22 heavy (non-hydrogen) atoms. The number of carbonyl (C=O) groups excluding carboxylic acids is 1. The van der Waals surface area contributed by atoms with Crippen molar-refractivity contribution >= 4 is 5.91 Å². The fraction of sp³-hybridized carbons (Fsp3) is 0.750. The minimum atomic E-state index is -0.881. The van der Waals surface area contributed by atoms with E-state index in [1.54, 1.807) is 22.6 Å². The largest absolute Gasteiger partial charge is 0.388 e. The van der Waals surface area contributed by atoms with Gasteiger partial charge in [0.05, 0.1) is 31.0 Å². The molecule has 2 rings (SSSR count). The summed E-state index contributed by atoms with van der Waals surface area (Å²) < 4.78 is 7.05. The Hall–Kier alpha value is -1.40. The maximum absolute atomic E-state index is 12.8. The summed E-state index contributed by atoms with van der Waals surface area (Å²) in [5.74, 6) is -0.0806. The zero-order valence-corrected chi connectivity index (χ0v) is 14.2. The molecule has 0 bridgehead atoms. The number of β-amino-alcohol motifs (C(OH)–C–C–N with tert-alkyl or cyclic N) is 1. The van der Waals surface area contributed by atoms with Gasteiger partial charge in [-0.1, -0.05) is 13.8 Å². The molecule has 1 aromatic rings. The first-order valence-electron chi connectivity index (χ1n) is 7.82. The van der Waals surface area contributed by atoms with Gasteiger partial charge in [0, 0.05) is 18.6 Å². The Kier molecular flexibility index (Phi) is 4.63. The molecule has 1 atom stereocenters. The lowest BCUT2D eigenvalue weighted by atomic mass is 9.79. The molecule has 1 aromatic heterocycles. The van der Waals surface area contributed by atoms with E-state index in [1.165, 1.54) is 0 Å². The van der Waals surface area contributed by atoms with E-state index >= 15 is 0 Å². The molecule has 1 aliphatic rings. The van der Waals surface area contributed by atoms with Gasteiger partial charge in [-0.15, -0.1) is 0 Å². The fourth-order valence-corrected chi connectivity index (χ4v) is 2.78. The minimum absolute atomic E-state index is 0.0806. The second-order valence-corrected chi connectivity index (χ2v) is 6.91. The molecule has 0 unspecified atom stereocenters. The first-order valence-corrected chi connectivity index (χ1v) is 7.82. The third-order valence-electron chi connectivity index (χ3n) is 4.60. The summed E-state index contributed by atoms with van der Waals surface area (Å²) in [7, 11) is 0. The quantitative estimate of drug-likeness (QED) is 0.836. The van der Waals surface area contributed by atoms with E-state index < -0.39 is 5.60 Å². The second kappa shape index (κ2) is 6.01. The standard InChI is InChI=1S/C16H27N3O3/c1-6-22-8-7-19-13(9-12(2)17-19)14(20)18-10-15(3,4)16(5,21)11-18/h9,21H,6-8,10-11H2,1-5H3/t16-/m0/s1. The van der Waals surface area contributed by atoms with Crippen LogP contribution in [0.5, 0.6) is 0 Å². The molecule has 1 N–H and O–H groups in total. The Morgan fingerprint density at radius 1 is 1.41 bits per heavy atom. The Morgan fingerprint density at radius 2 is 2.09 bits per heavy atom. The van der Waals surface area contributed by atoms with Crippen LogP contribution in [0.25, 0.3) is 0 Å². The molecule has 6 nitrogen and oxygen atoms in total. The summed E-state index contributed by atoms with van der Waals surface area (Å²) in [5.41, 5.74) is 0.164. The first-order chi connectivity index (χ1) is 10.2. The lowest BCUT2D eigenvalue weighted by Crippen LogP contribution is -2.40. The number of aliphatic hydroxyl groups is 1. The van der Waals surface area contributed by atoms with E-state index in [2.05, 4.69) is 5.10 Å². The molecule has 1 saturated heterocycles. The van der Waals surface area contributed by atoms with E-state index in [4.69, 9.17) is 4.74 Å². The highest BCUT2D eigenvalue weighted by atomic mass is 16.5. The maximum Gasteiger partial charge on any atom is 0.272 e. The van der Waals surface area contributed by atoms with Gasteiger partial charge in [0.15, 0.2) is 0 Å². The van der Waals surface area contributed by atoms with Crippen molar-refractivity contribution in [2.75, 3.05) is 26.3 Å². The number of nitrogens with zero attached hydrogens (tertiary/aromatic N) is 3. The maximum atomic E-state index is 12.8. The van der Waals surface area contributed by atoms with Gasteiger partial charge in [-0.3, -0.25) is 9.48 Å². The molecule has 0 radical (unpaired) electrons. The van der Waals surface area contributed by atoms with E-state index in [9.17, 15) is 9.90 Å². The Bertz CT molecular complexity index is 533. The van der Waals surface area contributed by atoms with Crippen LogP contribution in [0.15, 0.2) is 6.07 Å². The van der Waals surface area contributed by atoms with Crippen LogP contribution < -0.4 is 0 Å². The third-order valence-corrected chi connectivity index (χ3v) is 4.60. The third kappa shape index (κ3) is 3.17. The number of rotatable bonds is 5. The van der Waals surface area contributed by atoms with Gasteiger partial charge in [-0.2, -0.15) is 5.10 Å². The van der Waals surface area contributed by atoms with Gasteiger partial charge in [-0.25, -0.2) is 0 Å². The van der Waals surface area contributed by atoms with Crippen LogP contribution in [0.3, 0.4) is 0 Å². The summed E-state index contributed by atoms with van der Waals surface area (Å²) in [6.45, 7) is 12.2. The Balaban J connectivity index is 2.17. The number of ether oxygens (including phenoxy) is 1. The predicted octanol–water partition coefficient (Wildman–Crippen LogP) is 1.46. The van der Waals surface area contributed by atoms with Crippen LogP contribution in [-0.2, 0) is 11.3 Å². The van der Waals surface area contributed by atoms with Gasteiger partial charge < -0.3 is 14.7 Å². The molecule has 0 aliphatic carbocycles. The Morgan fingerprint density at radius 3 is 2.64 bits per heavy atom. The molecule has 0 saturated carbocycles. The summed E-state index contributed by atoms with van der Waals surface area (Å²) >= 11 is 0. The molecule has 1 aliphatic heterocycles. The zero-order valence-electron chi connectivity index (χ0n) is 14.2. The van der Waals surface area contributed by atoms with Crippen LogP contribution in [-0.4, -0.2) is 57.6 Å². The molecule has 1 amide bonds. The number of hydrogen-bond acceptors (Lipinski definition) is 4. The van der Waals surface area contributed by atoms with Crippen molar-refractivity contribution in [1.82, 2.24) is 14.7 Å². The summed E-state index contributed by atoms with van der Waals surface area (Å²) in [6.07, 6.45) is 0. The Labute approximate surface area is 132 Å². The van der Waals surface area contributed by atoms with Crippen LogP contribution in [0.2, 0.25) is 0 Å². The molecule has 6 heteroatoms. The molecule has 1 fully saturated rings. The normalized spacial score (nSPS) is 24.0. The fourth-order valence-electron chi connectivity index (χ4n) is 2.78. The summed E-state index contributed by atoms with van der Waals surface area (Å²) in [5, 5.41) is 14.9. The number of carbonyl (C=O) groups is 1. The van der Waals surface area contributed by atoms with Gasteiger partial charge in [0.2, 0.25) is 0 Å². The van der Waals surface area contributed by atoms with Crippen LogP contribution >= 0.6 is 0 Å². The molecule has 2 heterocycles. The van der Waals surface area contributed by atoms with E-state index in [1.807, 2.05) is 27.7 Å². The monoisotopic (exact) mass is 309 g/mol. The van der Waals surface area contributed by atoms with Crippen molar-refractivity contribution in [3.8, 4) is 0 Å². The summed E-state index contributed by atoms with van der Waals surface area (Å²) in [4.78, 5) is 14.5. The topological polar surface area (TPSA) is 67.6 Å². The number of aryl methyl sites for hydroxylation is 1. The van der Waals surface area contributed by atoms with Crippen molar-refractivity contribution in [1.29, 1.82) is 0 Å². The zero-order chi connectivity index (χ0) is 16.5.